The van der Waals surface area contributed by atoms with Gasteiger partial charge in [0.15, 0.2) is 0 Å². The van der Waals surface area contributed by atoms with E-state index in [0.29, 0.717) is 11.3 Å². The molecule has 0 N–H and O–H groups in total. The molecule has 1 aromatic carbocycles. The molecule has 1 aliphatic rings. The molecule has 2 rings (SSSR count). The number of hydrogen-bond donors (Lipinski definition) is 0. The first-order valence-corrected chi connectivity index (χ1v) is 7.35. The van der Waals surface area contributed by atoms with E-state index in [1.807, 2.05) is 6.07 Å². The van der Waals surface area contributed by atoms with E-state index in [9.17, 15) is 13.2 Å². The molecule has 0 heterocycles. The smallest absolute Gasteiger partial charge is 0.166 e. The van der Waals surface area contributed by atoms with Crippen molar-refractivity contribution in [1.82, 2.24) is 0 Å². The molecule has 0 radical (unpaired) electrons. The van der Waals surface area contributed by atoms with Gasteiger partial charge in [-0.2, -0.15) is 13.2 Å². The standard InChI is InChI=1S/C17H23F3/c1-16(2,3)14-9-7-12(8-10-14)13-5-4-6-15(11-13)17(18,19)20/h4-6,11-12,14H,7-10H2,1-3H3. The summed E-state index contributed by atoms with van der Waals surface area (Å²) in [6, 6.07) is 5.87. The first-order valence-electron chi connectivity index (χ1n) is 7.35. The van der Waals surface area contributed by atoms with Crippen molar-refractivity contribution >= 4 is 0 Å². The van der Waals surface area contributed by atoms with Crippen LogP contribution in [-0.2, 0) is 6.18 Å². The summed E-state index contributed by atoms with van der Waals surface area (Å²) < 4.78 is 38.3. The van der Waals surface area contributed by atoms with Gasteiger partial charge < -0.3 is 0 Å². The number of rotatable bonds is 1. The monoisotopic (exact) mass is 284 g/mol. The second-order valence-corrected chi connectivity index (χ2v) is 7.04. The van der Waals surface area contributed by atoms with Crippen LogP contribution in [0, 0.1) is 11.3 Å². The average molecular weight is 284 g/mol. The van der Waals surface area contributed by atoms with Crippen molar-refractivity contribution in [3.8, 4) is 0 Å². The Balaban J connectivity index is 2.08. The zero-order valence-electron chi connectivity index (χ0n) is 12.4. The maximum absolute atomic E-state index is 12.8. The van der Waals surface area contributed by atoms with Crippen molar-refractivity contribution in [2.75, 3.05) is 0 Å². The summed E-state index contributed by atoms with van der Waals surface area (Å²) in [6.07, 6.45) is -0.0000592. The quantitative estimate of drug-likeness (QED) is 0.591. The van der Waals surface area contributed by atoms with E-state index in [4.69, 9.17) is 0 Å². The summed E-state index contributed by atoms with van der Waals surface area (Å²) in [4.78, 5) is 0. The van der Waals surface area contributed by atoms with Crippen LogP contribution in [0.5, 0.6) is 0 Å². The lowest BCUT2D eigenvalue weighted by molar-refractivity contribution is -0.137. The summed E-state index contributed by atoms with van der Waals surface area (Å²) in [7, 11) is 0. The predicted molar refractivity (Wildman–Crippen MR) is 75.6 cm³/mol. The first kappa shape index (κ1) is 15.4. The Morgan fingerprint density at radius 1 is 0.950 bits per heavy atom. The lowest BCUT2D eigenvalue weighted by atomic mass is 9.68. The van der Waals surface area contributed by atoms with Gasteiger partial charge in [-0.15, -0.1) is 0 Å². The number of halogens is 3. The number of alkyl halides is 3. The van der Waals surface area contributed by atoms with Gasteiger partial charge >= 0.3 is 6.18 Å². The molecule has 0 bridgehead atoms. The Kier molecular flexibility index (Phi) is 4.17. The molecule has 1 aromatic rings. The summed E-state index contributed by atoms with van der Waals surface area (Å²) >= 11 is 0. The van der Waals surface area contributed by atoms with Crippen LogP contribution in [0.2, 0.25) is 0 Å². The van der Waals surface area contributed by atoms with Crippen molar-refractivity contribution in [3.05, 3.63) is 35.4 Å². The fraction of sp³-hybridized carbons (Fsp3) is 0.647. The molecule has 0 atom stereocenters. The fourth-order valence-electron chi connectivity index (χ4n) is 3.26. The topological polar surface area (TPSA) is 0 Å². The van der Waals surface area contributed by atoms with Crippen LogP contribution in [0.1, 0.15) is 63.5 Å². The van der Waals surface area contributed by atoms with Gasteiger partial charge in [0, 0.05) is 0 Å². The highest BCUT2D eigenvalue weighted by atomic mass is 19.4. The molecule has 0 saturated heterocycles. The highest BCUT2D eigenvalue weighted by Gasteiger charge is 2.33. The molecule has 20 heavy (non-hydrogen) atoms. The molecular weight excluding hydrogens is 261 g/mol. The van der Waals surface area contributed by atoms with Crippen molar-refractivity contribution < 1.29 is 13.2 Å². The van der Waals surface area contributed by atoms with E-state index in [1.54, 1.807) is 0 Å². The normalized spacial score (nSPS) is 24.7. The molecule has 0 amide bonds. The molecule has 1 fully saturated rings. The van der Waals surface area contributed by atoms with E-state index < -0.39 is 11.7 Å². The third kappa shape index (κ3) is 3.56. The number of benzene rings is 1. The molecular formula is C17H23F3. The minimum absolute atomic E-state index is 0.288. The van der Waals surface area contributed by atoms with E-state index in [2.05, 4.69) is 20.8 Å². The molecule has 3 heteroatoms. The van der Waals surface area contributed by atoms with Crippen LogP contribution in [-0.4, -0.2) is 0 Å². The van der Waals surface area contributed by atoms with Gasteiger partial charge in [0.25, 0.3) is 0 Å². The second kappa shape index (κ2) is 5.42. The summed E-state index contributed by atoms with van der Waals surface area (Å²) in [6.45, 7) is 6.76. The Hall–Kier alpha value is -0.990. The van der Waals surface area contributed by atoms with Crippen molar-refractivity contribution in [2.45, 2.75) is 58.5 Å². The van der Waals surface area contributed by atoms with E-state index in [0.717, 1.165) is 37.3 Å². The molecule has 1 aliphatic carbocycles. The van der Waals surface area contributed by atoms with Crippen LogP contribution in [0.15, 0.2) is 24.3 Å². The van der Waals surface area contributed by atoms with Gasteiger partial charge in [-0.3, -0.25) is 0 Å². The van der Waals surface area contributed by atoms with Gasteiger partial charge in [0.05, 0.1) is 5.56 Å². The molecule has 0 aromatic heterocycles. The fourth-order valence-corrected chi connectivity index (χ4v) is 3.26. The van der Waals surface area contributed by atoms with Crippen LogP contribution >= 0.6 is 0 Å². The van der Waals surface area contributed by atoms with Crippen molar-refractivity contribution in [2.24, 2.45) is 11.3 Å². The Morgan fingerprint density at radius 2 is 1.55 bits per heavy atom. The van der Waals surface area contributed by atoms with E-state index in [-0.39, 0.29) is 5.92 Å². The average Bonchev–Trinajstić information content (AvgIpc) is 2.37. The van der Waals surface area contributed by atoms with E-state index in [1.165, 1.54) is 12.1 Å². The first-order chi connectivity index (χ1) is 9.18. The SMILES string of the molecule is CC(C)(C)C1CCC(c2cccc(C(F)(F)F)c2)CC1. The maximum Gasteiger partial charge on any atom is 0.416 e. The van der Waals surface area contributed by atoms with Crippen LogP contribution in [0.3, 0.4) is 0 Å². The minimum Gasteiger partial charge on any atom is -0.166 e. The van der Waals surface area contributed by atoms with Gasteiger partial charge in [0.2, 0.25) is 0 Å². The third-order valence-electron chi connectivity index (χ3n) is 4.64. The largest absolute Gasteiger partial charge is 0.416 e. The molecule has 0 nitrogen and oxygen atoms in total. The summed E-state index contributed by atoms with van der Waals surface area (Å²) in [5.41, 5.74) is 0.638. The lowest BCUT2D eigenvalue weighted by Crippen LogP contribution is -2.25. The molecule has 1 saturated carbocycles. The van der Waals surface area contributed by atoms with Gasteiger partial charge in [-0.05, 0) is 54.6 Å². The van der Waals surface area contributed by atoms with Crippen LogP contribution in [0.4, 0.5) is 13.2 Å². The maximum atomic E-state index is 12.8. The summed E-state index contributed by atoms with van der Waals surface area (Å²) in [5, 5.41) is 0. The Labute approximate surface area is 119 Å². The third-order valence-corrected chi connectivity index (χ3v) is 4.64. The predicted octanol–water partition coefficient (Wildman–Crippen LogP) is 6.03. The van der Waals surface area contributed by atoms with Gasteiger partial charge in [-0.25, -0.2) is 0 Å². The highest BCUT2D eigenvalue weighted by Crippen LogP contribution is 2.43. The Bertz CT molecular complexity index is 446. The van der Waals surface area contributed by atoms with Crippen molar-refractivity contribution in [3.63, 3.8) is 0 Å². The Morgan fingerprint density at radius 3 is 2.05 bits per heavy atom. The minimum atomic E-state index is -4.24. The second-order valence-electron chi connectivity index (χ2n) is 7.04. The van der Waals surface area contributed by atoms with Crippen LogP contribution in [0.25, 0.3) is 0 Å². The van der Waals surface area contributed by atoms with Gasteiger partial charge in [-0.1, -0.05) is 39.0 Å². The summed E-state index contributed by atoms with van der Waals surface area (Å²) in [5.74, 6) is 0.973. The van der Waals surface area contributed by atoms with Gasteiger partial charge in [0.1, 0.15) is 0 Å². The highest BCUT2D eigenvalue weighted by molar-refractivity contribution is 5.28. The zero-order chi connectivity index (χ0) is 15.0. The van der Waals surface area contributed by atoms with E-state index >= 15 is 0 Å². The number of hydrogen-bond acceptors (Lipinski definition) is 0. The van der Waals surface area contributed by atoms with Crippen molar-refractivity contribution in [1.29, 1.82) is 0 Å². The molecule has 112 valence electrons. The molecule has 0 unspecified atom stereocenters. The molecule has 0 aliphatic heterocycles. The lowest BCUT2D eigenvalue weighted by Gasteiger charge is -2.37. The zero-order valence-corrected chi connectivity index (χ0v) is 12.4. The molecule has 0 spiro atoms. The van der Waals surface area contributed by atoms with Crippen LogP contribution < -0.4 is 0 Å².